The third kappa shape index (κ3) is 4.38. The molecule has 0 atom stereocenters. The first kappa shape index (κ1) is 29.1. The van der Waals surface area contributed by atoms with Crippen LogP contribution in [0.15, 0.2) is 176 Å². The van der Waals surface area contributed by atoms with E-state index in [-0.39, 0.29) is 0 Å². The van der Waals surface area contributed by atoms with Crippen molar-refractivity contribution in [2.24, 2.45) is 0 Å². The van der Waals surface area contributed by atoms with E-state index in [0.717, 1.165) is 44.3 Å². The molecule has 0 aliphatic carbocycles. The summed E-state index contributed by atoms with van der Waals surface area (Å²) in [6.45, 7) is 0. The maximum Gasteiger partial charge on any atom is 0.235 e. The van der Waals surface area contributed by atoms with Gasteiger partial charge in [0.1, 0.15) is 0 Å². The molecule has 0 unspecified atom stereocenters. The van der Waals surface area contributed by atoms with Crippen LogP contribution in [-0.4, -0.2) is 14.5 Å². The molecule has 0 aliphatic rings. The summed E-state index contributed by atoms with van der Waals surface area (Å²) >= 11 is 1.88. The highest BCUT2D eigenvalue weighted by Crippen LogP contribution is 2.48. The lowest BCUT2D eigenvalue weighted by Crippen LogP contribution is -2.04. The molecule has 3 nitrogen and oxygen atoms in total. The normalized spacial score (nSPS) is 11.8. The van der Waals surface area contributed by atoms with Crippen LogP contribution in [0.5, 0.6) is 0 Å². The van der Waals surface area contributed by atoms with E-state index in [9.17, 15) is 0 Å². The molecule has 8 aromatic carbocycles. The summed E-state index contributed by atoms with van der Waals surface area (Å²) in [6.07, 6.45) is 0. The minimum absolute atomic E-state index is 0.664. The van der Waals surface area contributed by atoms with Crippen molar-refractivity contribution in [3.63, 3.8) is 0 Å². The topological polar surface area (TPSA) is 30.7 Å². The van der Waals surface area contributed by atoms with Crippen LogP contribution < -0.4 is 0 Å². The largest absolute Gasteiger partial charge is 0.277 e. The van der Waals surface area contributed by atoms with Crippen LogP contribution in [0.1, 0.15) is 0 Å². The van der Waals surface area contributed by atoms with Gasteiger partial charge in [0.2, 0.25) is 5.95 Å². The summed E-state index contributed by atoms with van der Waals surface area (Å²) < 4.78 is 4.91. The summed E-state index contributed by atoms with van der Waals surface area (Å²) in [6, 6.07) is 62.9. The second kappa shape index (κ2) is 11.5. The van der Waals surface area contributed by atoms with Gasteiger partial charge in [0, 0.05) is 47.3 Å². The molecule has 0 N–H and O–H groups in total. The predicted molar refractivity (Wildman–Crippen MR) is 221 cm³/mol. The molecule has 0 spiro atoms. The second-order valence-electron chi connectivity index (χ2n) is 13.3. The maximum absolute atomic E-state index is 5.57. The Morgan fingerprint density at radius 3 is 1.69 bits per heavy atom. The fourth-order valence-corrected chi connectivity index (χ4v) is 9.35. The summed E-state index contributed by atoms with van der Waals surface area (Å²) in [5.41, 5.74) is 9.74. The van der Waals surface area contributed by atoms with Crippen LogP contribution in [0, 0.1) is 0 Å². The lowest BCUT2D eigenvalue weighted by atomic mass is 9.94. The molecule has 4 heteroatoms. The van der Waals surface area contributed by atoms with Gasteiger partial charge >= 0.3 is 0 Å². The van der Waals surface area contributed by atoms with Gasteiger partial charge in [-0.15, -0.1) is 11.3 Å². The van der Waals surface area contributed by atoms with Crippen LogP contribution in [0.2, 0.25) is 0 Å². The van der Waals surface area contributed by atoms with Crippen molar-refractivity contribution in [3.8, 4) is 39.5 Å². The van der Waals surface area contributed by atoms with Crippen molar-refractivity contribution < 1.29 is 0 Å². The zero-order chi connectivity index (χ0) is 34.2. The summed E-state index contributed by atoms with van der Waals surface area (Å²) in [4.78, 5) is 10.9. The van der Waals surface area contributed by atoms with Crippen LogP contribution in [0.3, 0.4) is 0 Å². The summed E-state index contributed by atoms with van der Waals surface area (Å²) in [5.74, 6) is 0.664. The lowest BCUT2D eigenvalue weighted by molar-refractivity contribution is 1.02. The first-order chi connectivity index (χ1) is 25.8. The van der Waals surface area contributed by atoms with Gasteiger partial charge in [-0.05, 0) is 64.0 Å². The fourth-order valence-electron chi connectivity index (χ4n) is 8.07. The molecule has 0 amide bonds. The van der Waals surface area contributed by atoms with Gasteiger partial charge in [-0.2, -0.15) is 0 Å². The molecule has 0 fully saturated rings. The first-order valence-electron chi connectivity index (χ1n) is 17.6. The van der Waals surface area contributed by atoms with Crippen molar-refractivity contribution in [1.82, 2.24) is 14.5 Å². The van der Waals surface area contributed by atoms with Crippen LogP contribution in [0.4, 0.5) is 0 Å². The number of hydrogen-bond acceptors (Lipinski definition) is 3. The van der Waals surface area contributed by atoms with E-state index in [1.165, 1.54) is 52.8 Å². The molecule has 242 valence electrons. The third-order valence-corrected chi connectivity index (χ3v) is 11.5. The smallest absolute Gasteiger partial charge is 0.235 e. The Bertz CT molecular complexity index is 3120. The number of hydrogen-bond donors (Lipinski definition) is 0. The zero-order valence-corrected chi connectivity index (χ0v) is 28.8. The molecule has 3 aromatic heterocycles. The number of aromatic nitrogens is 3. The molecule has 11 aromatic rings. The Balaban J connectivity index is 1.27. The number of benzene rings is 8. The molecule has 0 aliphatic heterocycles. The van der Waals surface area contributed by atoms with Gasteiger partial charge in [0.15, 0.2) is 0 Å². The molecular formula is C48H29N3S. The van der Waals surface area contributed by atoms with E-state index in [4.69, 9.17) is 9.97 Å². The number of thiophene rings is 1. The highest BCUT2D eigenvalue weighted by molar-refractivity contribution is 7.27. The van der Waals surface area contributed by atoms with Crippen molar-refractivity contribution in [3.05, 3.63) is 176 Å². The highest BCUT2D eigenvalue weighted by atomic mass is 32.1. The van der Waals surface area contributed by atoms with E-state index < -0.39 is 0 Å². The number of para-hydroxylation sites is 2. The van der Waals surface area contributed by atoms with Crippen molar-refractivity contribution in [1.29, 1.82) is 0 Å². The fraction of sp³-hybridized carbons (Fsp3) is 0. The zero-order valence-electron chi connectivity index (χ0n) is 28.0. The molecule has 11 rings (SSSR count). The average Bonchev–Trinajstić information content (AvgIpc) is 3.78. The predicted octanol–water partition coefficient (Wildman–Crippen LogP) is 13.2. The third-order valence-electron chi connectivity index (χ3n) is 10.4. The van der Waals surface area contributed by atoms with Crippen LogP contribution in [-0.2, 0) is 0 Å². The Labute approximate surface area is 303 Å². The second-order valence-corrected chi connectivity index (χ2v) is 14.4. The number of fused-ring (bicyclic) bond motifs is 11. The number of nitrogens with zero attached hydrogens (tertiary/aromatic N) is 3. The minimum Gasteiger partial charge on any atom is -0.277 e. The lowest BCUT2D eigenvalue weighted by Gasteiger charge is -2.15. The van der Waals surface area contributed by atoms with Crippen molar-refractivity contribution >= 4 is 75.0 Å². The van der Waals surface area contributed by atoms with E-state index >= 15 is 0 Å². The first-order valence-corrected chi connectivity index (χ1v) is 18.4. The average molecular weight is 680 g/mol. The Hall–Kier alpha value is -6.62. The standard InChI is InChI=1S/C48H29N3S/c1-3-15-30(16-4-1)32-27-33(31-17-5-2-6-18-31)29-34(28-32)45-37-21-9-12-24-40(37)49-48(50-45)51-41-25-13-10-22-38(41)44-46(51)36-20-8-7-19-35(36)43-39-23-11-14-26-42(39)52-47(43)44/h1-29H. The molecule has 0 saturated carbocycles. The molecule has 0 saturated heterocycles. The summed E-state index contributed by atoms with van der Waals surface area (Å²) in [5, 5.41) is 8.54. The highest BCUT2D eigenvalue weighted by Gasteiger charge is 2.23. The quantitative estimate of drug-likeness (QED) is 0.185. The Kier molecular flexibility index (Phi) is 6.42. The van der Waals surface area contributed by atoms with Gasteiger partial charge in [-0.1, -0.05) is 140 Å². The van der Waals surface area contributed by atoms with Gasteiger partial charge in [0.05, 0.1) is 22.2 Å². The Morgan fingerprint density at radius 2 is 0.962 bits per heavy atom. The van der Waals surface area contributed by atoms with Crippen LogP contribution in [0.25, 0.3) is 103 Å². The van der Waals surface area contributed by atoms with Gasteiger partial charge in [0.25, 0.3) is 0 Å². The van der Waals surface area contributed by atoms with Gasteiger partial charge in [-0.25, -0.2) is 9.97 Å². The maximum atomic E-state index is 5.57. The summed E-state index contributed by atoms with van der Waals surface area (Å²) in [7, 11) is 0. The monoisotopic (exact) mass is 679 g/mol. The van der Waals surface area contributed by atoms with E-state index in [1.54, 1.807) is 0 Å². The molecule has 0 radical (unpaired) electrons. The minimum atomic E-state index is 0.664. The Morgan fingerprint density at radius 1 is 0.404 bits per heavy atom. The van der Waals surface area contributed by atoms with Crippen molar-refractivity contribution in [2.75, 3.05) is 0 Å². The number of rotatable bonds is 4. The van der Waals surface area contributed by atoms with E-state index in [2.05, 4.69) is 180 Å². The molecule has 52 heavy (non-hydrogen) atoms. The van der Waals surface area contributed by atoms with Crippen LogP contribution >= 0.6 is 11.3 Å². The van der Waals surface area contributed by atoms with Gasteiger partial charge in [-0.3, -0.25) is 4.57 Å². The van der Waals surface area contributed by atoms with Crippen molar-refractivity contribution in [2.45, 2.75) is 0 Å². The molecular weight excluding hydrogens is 651 g/mol. The van der Waals surface area contributed by atoms with E-state index in [1.807, 2.05) is 11.3 Å². The SMILES string of the molecule is c1ccc(-c2cc(-c3ccccc3)cc(-c3nc(-n4c5ccccc5c5c6sc7ccccc7c6c6ccccc6c54)nc4ccccc34)c2)cc1. The molecule has 3 heterocycles. The molecule has 0 bridgehead atoms. The van der Waals surface area contributed by atoms with Gasteiger partial charge < -0.3 is 0 Å². The van der Waals surface area contributed by atoms with E-state index in [0.29, 0.717) is 5.95 Å².